The number of carbonyl (C=O) groups is 2. The number of nitrogens with two attached hydrogens (primary N) is 1. The Morgan fingerprint density at radius 2 is 1.90 bits per heavy atom. The van der Waals surface area contributed by atoms with E-state index in [9.17, 15) is 14.4 Å². The number of fused-ring (bicyclic) bond motifs is 1. The van der Waals surface area contributed by atoms with E-state index >= 15 is 0 Å². The van der Waals surface area contributed by atoms with Crippen LogP contribution < -0.4 is 16.6 Å². The summed E-state index contributed by atoms with van der Waals surface area (Å²) in [5.41, 5.74) is 5.85. The lowest BCUT2D eigenvalue weighted by molar-refractivity contribution is -0.120. The van der Waals surface area contributed by atoms with Gasteiger partial charge in [0.05, 0.1) is 21.8 Å². The van der Waals surface area contributed by atoms with Crippen molar-refractivity contribution in [2.45, 2.75) is 24.3 Å². The van der Waals surface area contributed by atoms with Gasteiger partial charge in [-0.05, 0) is 36.2 Å². The van der Waals surface area contributed by atoms with Crippen LogP contribution >= 0.6 is 23.4 Å². The zero-order valence-electron chi connectivity index (χ0n) is 15.8. The SMILES string of the molecule is CC(C)C(Sc1nc2ccccc2c(=O)n1-c1cccc(Cl)c1)C(=O)NC(N)=O. The molecule has 0 spiro atoms. The summed E-state index contributed by atoms with van der Waals surface area (Å²) in [4.78, 5) is 41.5. The van der Waals surface area contributed by atoms with Crippen LogP contribution in [0.15, 0.2) is 58.5 Å². The van der Waals surface area contributed by atoms with Crippen molar-refractivity contribution < 1.29 is 9.59 Å². The minimum Gasteiger partial charge on any atom is -0.351 e. The number of amides is 3. The number of para-hydroxylation sites is 1. The van der Waals surface area contributed by atoms with Crippen LogP contribution in [0.3, 0.4) is 0 Å². The fourth-order valence-electron chi connectivity index (χ4n) is 2.83. The fraction of sp³-hybridized carbons (Fsp3) is 0.200. The third-order valence-electron chi connectivity index (χ3n) is 4.15. The van der Waals surface area contributed by atoms with Gasteiger partial charge in [-0.15, -0.1) is 0 Å². The second-order valence-corrected chi connectivity index (χ2v) is 8.21. The number of urea groups is 1. The molecule has 0 radical (unpaired) electrons. The highest BCUT2D eigenvalue weighted by atomic mass is 35.5. The van der Waals surface area contributed by atoms with Crippen molar-refractivity contribution in [2.24, 2.45) is 11.7 Å². The van der Waals surface area contributed by atoms with Crippen LogP contribution in [0, 0.1) is 5.92 Å². The molecule has 3 aromatic rings. The number of hydrogen-bond donors (Lipinski definition) is 2. The van der Waals surface area contributed by atoms with Crippen molar-refractivity contribution in [3.63, 3.8) is 0 Å². The molecule has 150 valence electrons. The lowest BCUT2D eigenvalue weighted by Crippen LogP contribution is -2.42. The molecule has 7 nitrogen and oxygen atoms in total. The first-order valence-corrected chi connectivity index (χ1v) is 10.1. The van der Waals surface area contributed by atoms with Crippen molar-refractivity contribution in [1.29, 1.82) is 0 Å². The summed E-state index contributed by atoms with van der Waals surface area (Å²) in [7, 11) is 0. The van der Waals surface area contributed by atoms with Crippen molar-refractivity contribution in [3.05, 3.63) is 63.9 Å². The van der Waals surface area contributed by atoms with E-state index in [-0.39, 0.29) is 11.5 Å². The molecule has 0 saturated heterocycles. The number of carbonyl (C=O) groups excluding carboxylic acids is 2. The Morgan fingerprint density at radius 1 is 1.17 bits per heavy atom. The maximum atomic E-state index is 13.3. The summed E-state index contributed by atoms with van der Waals surface area (Å²) in [6.07, 6.45) is 0. The van der Waals surface area contributed by atoms with Crippen LogP contribution in [0.5, 0.6) is 0 Å². The standard InChI is InChI=1S/C20H19ClN4O3S/c1-11(2)16(17(26)24-19(22)28)29-20-23-15-9-4-3-8-14(15)18(27)25(20)13-7-5-6-12(21)10-13/h3-11,16H,1-2H3,(H3,22,24,26,28). The number of thioether (sulfide) groups is 1. The maximum absolute atomic E-state index is 13.3. The molecule has 1 atom stereocenters. The molecule has 1 unspecified atom stereocenters. The molecule has 0 aliphatic carbocycles. The third kappa shape index (κ3) is 4.60. The summed E-state index contributed by atoms with van der Waals surface area (Å²) in [6.45, 7) is 3.67. The van der Waals surface area contributed by atoms with E-state index < -0.39 is 17.2 Å². The van der Waals surface area contributed by atoms with Gasteiger partial charge in [0.2, 0.25) is 5.91 Å². The summed E-state index contributed by atoms with van der Waals surface area (Å²) in [6, 6.07) is 12.9. The van der Waals surface area contributed by atoms with Gasteiger partial charge in [0.25, 0.3) is 5.56 Å². The van der Waals surface area contributed by atoms with Gasteiger partial charge in [-0.25, -0.2) is 9.78 Å². The number of nitrogens with one attached hydrogen (secondary N) is 1. The Morgan fingerprint density at radius 3 is 2.55 bits per heavy atom. The third-order valence-corrected chi connectivity index (χ3v) is 5.89. The smallest absolute Gasteiger partial charge is 0.318 e. The lowest BCUT2D eigenvalue weighted by atomic mass is 10.1. The van der Waals surface area contributed by atoms with Gasteiger partial charge in [0, 0.05) is 5.02 Å². The number of halogens is 1. The molecule has 3 amide bonds. The van der Waals surface area contributed by atoms with Crippen LogP contribution in [0.2, 0.25) is 5.02 Å². The predicted octanol–water partition coefficient (Wildman–Crippen LogP) is 3.35. The summed E-state index contributed by atoms with van der Waals surface area (Å²) in [5.74, 6) is -0.701. The first-order chi connectivity index (χ1) is 13.8. The summed E-state index contributed by atoms with van der Waals surface area (Å²) in [5, 5.41) is 2.64. The van der Waals surface area contributed by atoms with Gasteiger partial charge in [-0.3, -0.25) is 19.5 Å². The zero-order valence-corrected chi connectivity index (χ0v) is 17.3. The maximum Gasteiger partial charge on any atom is 0.318 e. The molecule has 0 fully saturated rings. The minimum atomic E-state index is -0.931. The van der Waals surface area contributed by atoms with Crippen LogP contribution in [0.1, 0.15) is 13.8 Å². The first kappa shape index (κ1) is 20.9. The molecule has 3 N–H and O–H groups in total. The van der Waals surface area contributed by atoms with Crippen molar-refractivity contribution >= 4 is 46.2 Å². The number of rotatable bonds is 5. The molecular weight excluding hydrogens is 412 g/mol. The van der Waals surface area contributed by atoms with Gasteiger partial charge >= 0.3 is 6.03 Å². The van der Waals surface area contributed by atoms with Crippen LogP contribution in [-0.2, 0) is 4.79 Å². The monoisotopic (exact) mass is 430 g/mol. The average molecular weight is 431 g/mol. The molecule has 0 bridgehead atoms. The van der Waals surface area contributed by atoms with E-state index in [0.717, 1.165) is 11.8 Å². The second kappa shape index (κ2) is 8.67. The minimum absolute atomic E-state index is 0.157. The Hall–Kier alpha value is -2.84. The molecule has 3 rings (SSSR count). The molecule has 1 heterocycles. The van der Waals surface area contributed by atoms with Crippen molar-refractivity contribution in [2.75, 3.05) is 0 Å². The second-order valence-electron chi connectivity index (χ2n) is 6.67. The van der Waals surface area contributed by atoms with Gasteiger partial charge in [0.1, 0.15) is 0 Å². The number of aromatic nitrogens is 2. The molecule has 0 aliphatic rings. The lowest BCUT2D eigenvalue weighted by Gasteiger charge is -2.21. The van der Waals surface area contributed by atoms with Crippen LogP contribution in [0.25, 0.3) is 16.6 Å². The van der Waals surface area contributed by atoms with Crippen molar-refractivity contribution in [3.8, 4) is 5.69 Å². The number of hydrogen-bond acceptors (Lipinski definition) is 5. The number of benzene rings is 2. The topological polar surface area (TPSA) is 107 Å². The summed E-state index contributed by atoms with van der Waals surface area (Å²) < 4.78 is 1.42. The van der Waals surface area contributed by atoms with Crippen LogP contribution in [-0.4, -0.2) is 26.7 Å². The largest absolute Gasteiger partial charge is 0.351 e. The molecule has 1 aromatic heterocycles. The quantitative estimate of drug-likeness (QED) is 0.476. The normalized spacial score (nSPS) is 12.1. The summed E-state index contributed by atoms with van der Waals surface area (Å²) >= 11 is 7.22. The highest BCUT2D eigenvalue weighted by Crippen LogP contribution is 2.29. The number of imide groups is 1. The van der Waals surface area contributed by atoms with Crippen LogP contribution in [0.4, 0.5) is 4.79 Å². The first-order valence-electron chi connectivity index (χ1n) is 8.82. The van der Waals surface area contributed by atoms with Gasteiger partial charge in [0.15, 0.2) is 5.16 Å². The Labute approximate surface area is 176 Å². The molecule has 9 heteroatoms. The van der Waals surface area contributed by atoms with E-state index in [1.54, 1.807) is 48.5 Å². The van der Waals surface area contributed by atoms with E-state index in [0.29, 0.717) is 26.8 Å². The van der Waals surface area contributed by atoms with E-state index in [1.807, 2.05) is 13.8 Å². The van der Waals surface area contributed by atoms with Gasteiger partial charge < -0.3 is 5.73 Å². The Bertz CT molecular complexity index is 1150. The predicted molar refractivity (Wildman–Crippen MR) is 115 cm³/mol. The van der Waals surface area contributed by atoms with Gasteiger partial charge in [-0.1, -0.05) is 55.4 Å². The van der Waals surface area contributed by atoms with Gasteiger partial charge in [-0.2, -0.15) is 0 Å². The fourth-order valence-corrected chi connectivity index (χ4v) is 4.13. The number of primary amides is 1. The molecule has 0 aliphatic heterocycles. The molecule has 0 saturated carbocycles. The Kier molecular flexibility index (Phi) is 6.24. The highest BCUT2D eigenvalue weighted by Gasteiger charge is 2.27. The van der Waals surface area contributed by atoms with E-state index in [1.165, 1.54) is 4.57 Å². The average Bonchev–Trinajstić information content (AvgIpc) is 2.65. The Balaban J connectivity index is 2.20. The molecule has 29 heavy (non-hydrogen) atoms. The van der Waals surface area contributed by atoms with Crippen molar-refractivity contribution in [1.82, 2.24) is 14.9 Å². The molecule has 2 aromatic carbocycles. The number of nitrogens with zero attached hydrogens (tertiary/aromatic N) is 2. The molecular formula is C20H19ClN4O3S. The zero-order chi connectivity index (χ0) is 21.1. The van der Waals surface area contributed by atoms with E-state index in [2.05, 4.69) is 10.3 Å². The highest BCUT2D eigenvalue weighted by molar-refractivity contribution is 8.00. The van der Waals surface area contributed by atoms with E-state index in [4.69, 9.17) is 17.3 Å².